The molecule has 0 aromatic heterocycles. The van der Waals surface area contributed by atoms with Crippen molar-refractivity contribution in [2.45, 2.75) is 58.7 Å². The number of hydrogen-bond acceptors (Lipinski definition) is 5. The molecule has 0 N–H and O–H groups in total. The third-order valence-corrected chi connectivity index (χ3v) is 5.55. The van der Waals surface area contributed by atoms with Gasteiger partial charge in [-0.05, 0) is 58.2 Å². The smallest absolute Gasteiger partial charge is 0.416 e. The van der Waals surface area contributed by atoms with Gasteiger partial charge in [0.15, 0.2) is 0 Å². The molecular formula is C23H26F3NO4. The summed E-state index contributed by atoms with van der Waals surface area (Å²) in [6, 6.07) is 4.69. The van der Waals surface area contributed by atoms with Crippen LogP contribution in [-0.4, -0.2) is 36.1 Å². The minimum atomic E-state index is -4.49. The van der Waals surface area contributed by atoms with E-state index in [1.807, 2.05) is 4.90 Å². The summed E-state index contributed by atoms with van der Waals surface area (Å²) >= 11 is 0. The topological polar surface area (TPSA) is 55.8 Å². The molecule has 168 valence electrons. The molecule has 0 bridgehead atoms. The summed E-state index contributed by atoms with van der Waals surface area (Å²) in [4.78, 5) is 27.9. The lowest BCUT2D eigenvalue weighted by Crippen LogP contribution is -2.36. The Balaban J connectivity index is 2.20. The van der Waals surface area contributed by atoms with E-state index in [0.29, 0.717) is 17.0 Å². The van der Waals surface area contributed by atoms with Crippen LogP contribution < -0.4 is 0 Å². The molecular weight excluding hydrogens is 411 g/mol. The Bertz CT molecular complexity index is 885. The molecule has 1 aliphatic carbocycles. The number of alkyl halides is 3. The molecule has 1 fully saturated rings. The van der Waals surface area contributed by atoms with Gasteiger partial charge in [-0.3, -0.25) is 0 Å². The lowest BCUT2D eigenvalue weighted by Gasteiger charge is -2.38. The van der Waals surface area contributed by atoms with Crippen LogP contribution in [0.3, 0.4) is 0 Å². The van der Waals surface area contributed by atoms with Gasteiger partial charge in [-0.25, -0.2) is 9.59 Å². The maximum atomic E-state index is 13.1. The van der Waals surface area contributed by atoms with Crippen molar-refractivity contribution in [2.24, 2.45) is 0 Å². The second kappa shape index (κ2) is 8.77. The number of carbonyl (C=O) groups is 2. The summed E-state index contributed by atoms with van der Waals surface area (Å²) in [5.41, 5.74) is 1.40. The van der Waals surface area contributed by atoms with Crippen molar-refractivity contribution in [3.63, 3.8) is 0 Å². The SMILES string of the molecule is CCOC(=O)C1=C(C)N(C2CC2)C(C)=C(C(=O)OCC)C1c1ccc(C(F)(F)F)cc1. The lowest BCUT2D eigenvalue weighted by atomic mass is 9.79. The summed E-state index contributed by atoms with van der Waals surface area (Å²) < 4.78 is 49.8. The average Bonchev–Trinajstić information content (AvgIpc) is 3.52. The highest BCUT2D eigenvalue weighted by Gasteiger charge is 2.44. The number of esters is 2. The number of ether oxygens (including phenoxy) is 2. The van der Waals surface area contributed by atoms with E-state index in [4.69, 9.17) is 9.47 Å². The Morgan fingerprint density at radius 3 is 1.74 bits per heavy atom. The number of halogens is 3. The molecule has 1 aromatic rings. The number of nitrogens with zero attached hydrogens (tertiary/aromatic N) is 1. The predicted molar refractivity (Wildman–Crippen MR) is 108 cm³/mol. The summed E-state index contributed by atoms with van der Waals surface area (Å²) in [5, 5.41) is 0. The van der Waals surface area contributed by atoms with Gasteiger partial charge in [0.25, 0.3) is 0 Å². The van der Waals surface area contributed by atoms with Crippen LogP contribution >= 0.6 is 0 Å². The zero-order chi connectivity index (χ0) is 22.9. The van der Waals surface area contributed by atoms with Gasteiger partial charge in [-0.2, -0.15) is 13.2 Å². The molecule has 0 spiro atoms. The van der Waals surface area contributed by atoms with E-state index in [2.05, 4.69) is 0 Å². The molecule has 1 heterocycles. The van der Waals surface area contributed by atoms with Gasteiger partial charge < -0.3 is 14.4 Å². The normalized spacial score (nSPS) is 17.8. The Morgan fingerprint density at radius 2 is 1.39 bits per heavy atom. The average molecular weight is 437 g/mol. The standard InChI is InChI=1S/C23H26F3NO4/c1-5-30-21(28)18-13(3)27(17-11-12-17)14(4)19(22(29)31-6-2)20(18)15-7-9-16(10-8-15)23(24,25)26/h7-10,17,20H,5-6,11-12H2,1-4H3. The van der Waals surface area contributed by atoms with Gasteiger partial charge in [-0.1, -0.05) is 12.1 Å². The molecule has 2 aliphatic rings. The highest BCUT2D eigenvalue weighted by molar-refractivity contribution is 6.00. The Kier molecular flexibility index (Phi) is 6.48. The molecule has 0 atom stereocenters. The number of benzene rings is 1. The maximum absolute atomic E-state index is 13.1. The maximum Gasteiger partial charge on any atom is 0.416 e. The lowest BCUT2D eigenvalue weighted by molar-refractivity contribution is -0.140. The first-order chi connectivity index (χ1) is 14.6. The zero-order valence-electron chi connectivity index (χ0n) is 18.0. The van der Waals surface area contributed by atoms with Crippen molar-refractivity contribution >= 4 is 11.9 Å². The molecule has 0 saturated heterocycles. The van der Waals surface area contributed by atoms with E-state index in [1.165, 1.54) is 12.1 Å². The first-order valence-electron chi connectivity index (χ1n) is 10.3. The fourth-order valence-electron chi connectivity index (χ4n) is 4.10. The highest BCUT2D eigenvalue weighted by atomic mass is 19.4. The monoisotopic (exact) mass is 437 g/mol. The molecule has 0 radical (unpaired) electrons. The van der Waals surface area contributed by atoms with Gasteiger partial charge >= 0.3 is 18.1 Å². The first-order valence-corrected chi connectivity index (χ1v) is 10.3. The summed E-state index contributed by atoms with van der Waals surface area (Å²) in [7, 11) is 0. The van der Waals surface area contributed by atoms with Crippen LogP contribution in [0, 0.1) is 0 Å². The molecule has 31 heavy (non-hydrogen) atoms. The van der Waals surface area contributed by atoms with Crippen LogP contribution in [0.2, 0.25) is 0 Å². The van der Waals surface area contributed by atoms with Crippen molar-refractivity contribution in [1.29, 1.82) is 0 Å². The van der Waals surface area contributed by atoms with E-state index in [1.54, 1.807) is 27.7 Å². The van der Waals surface area contributed by atoms with Crippen molar-refractivity contribution in [3.05, 3.63) is 57.9 Å². The fraction of sp³-hybridized carbons (Fsp3) is 0.478. The quantitative estimate of drug-likeness (QED) is 0.590. The summed E-state index contributed by atoms with van der Waals surface area (Å²) in [6.45, 7) is 7.19. The van der Waals surface area contributed by atoms with Gasteiger partial charge in [0.2, 0.25) is 0 Å². The molecule has 0 unspecified atom stereocenters. The molecule has 1 saturated carbocycles. The van der Waals surface area contributed by atoms with E-state index in [-0.39, 0.29) is 30.4 Å². The second-order valence-corrected chi connectivity index (χ2v) is 7.59. The molecule has 0 amide bonds. The first kappa shape index (κ1) is 22.9. The second-order valence-electron chi connectivity index (χ2n) is 7.59. The molecule has 8 heteroatoms. The van der Waals surface area contributed by atoms with Crippen LogP contribution in [0.5, 0.6) is 0 Å². The zero-order valence-corrected chi connectivity index (χ0v) is 18.0. The van der Waals surface area contributed by atoms with E-state index in [9.17, 15) is 22.8 Å². The number of rotatable bonds is 6. The summed E-state index contributed by atoms with van der Waals surface area (Å²) in [6.07, 6.45) is -2.64. The molecule has 1 aliphatic heterocycles. The minimum absolute atomic E-state index is 0.135. The van der Waals surface area contributed by atoms with Crippen molar-refractivity contribution in [3.8, 4) is 0 Å². The number of hydrogen-bond donors (Lipinski definition) is 0. The minimum Gasteiger partial charge on any atom is -0.463 e. The third-order valence-electron chi connectivity index (χ3n) is 5.55. The number of carbonyl (C=O) groups excluding carboxylic acids is 2. The largest absolute Gasteiger partial charge is 0.463 e. The van der Waals surface area contributed by atoms with E-state index < -0.39 is 29.6 Å². The Hall–Kier alpha value is -2.77. The Labute approximate surface area is 179 Å². The van der Waals surface area contributed by atoms with Gasteiger partial charge in [0.1, 0.15) is 0 Å². The van der Waals surface area contributed by atoms with E-state index in [0.717, 1.165) is 25.0 Å². The van der Waals surface area contributed by atoms with Crippen molar-refractivity contribution in [2.75, 3.05) is 13.2 Å². The number of allylic oxidation sites excluding steroid dienone is 2. The molecule has 1 aromatic carbocycles. The van der Waals surface area contributed by atoms with Crippen LogP contribution in [0.25, 0.3) is 0 Å². The van der Waals surface area contributed by atoms with Crippen molar-refractivity contribution < 1.29 is 32.2 Å². The van der Waals surface area contributed by atoms with E-state index >= 15 is 0 Å². The van der Waals surface area contributed by atoms with Gasteiger partial charge in [-0.15, -0.1) is 0 Å². The van der Waals surface area contributed by atoms with Crippen LogP contribution in [0.4, 0.5) is 13.2 Å². The molecule has 5 nitrogen and oxygen atoms in total. The van der Waals surface area contributed by atoms with Crippen molar-refractivity contribution in [1.82, 2.24) is 4.90 Å². The van der Waals surface area contributed by atoms with Gasteiger partial charge in [0, 0.05) is 17.4 Å². The fourth-order valence-corrected chi connectivity index (χ4v) is 4.10. The third kappa shape index (κ3) is 4.48. The van der Waals surface area contributed by atoms with Crippen LogP contribution in [-0.2, 0) is 25.2 Å². The summed E-state index contributed by atoms with van der Waals surface area (Å²) in [5.74, 6) is -2.06. The predicted octanol–water partition coefficient (Wildman–Crippen LogP) is 4.94. The van der Waals surface area contributed by atoms with Crippen LogP contribution in [0.15, 0.2) is 46.8 Å². The van der Waals surface area contributed by atoms with Gasteiger partial charge in [0.05, 0.1) is 35.8 Å². The molecule has 3 rings (SSSR count). The Morgan fingerprint density at radius 1 is 0.935 bits per heavy atom. The highest BCUT2D eigenvalue weighted by Crippen LogP contribution is 2.47. The van der Waals surface area contributed by atoms with Crippen LogP contribution in [0.1, 0.15) is 57.6 Å².